The van der Waals surface area contributed by atoms with E-state index < -0.39 is 0 Å². The Morgan fingerprint density at radius 2 is 2.21 bits per heavy atom. The summed E-state index contributed by atoms with van der Waals surface area (Å²) in [5.41, 5.74) is 0.602. The lowest BCUT2D eigenvalue weighted by molar-refractivity contribution is 0.343. The molecule has 76 valence electrons. The predicted molar refractivity (Wildman–Crippen MR) is 58.5 cm³/mol. The van der Waals surface area contributed by atoms with Gasteiger partial charge in [-0.05, 0) is 12.1 Å². The number of methoxy groups -OCH3 is 1. The van der Waals surface area contributed by atoms with Crippen LogP contribution in [0, 0.1) is 0 Å². The zero-order valence-corrected chi connectivity index (χ0v) is 9.28. The molecule has 0 aromatic heterocycles. The number of hydrogen-bond donors (Lipinski definition) is 2. The van der Waals surface area contributed by atoms with Crippen molar-refractivity contribution in [2.45, 2.75) is 0 Å². The molecule has 0 radical (unpaired) electrons. The first kappa shape index (κ1) is 11.1. The fourth-order valence-corrected chi connectivity index (χ4v) is 1.51. The van der Waals surface area contributed by atoms with Gasteiger partial charge in [-0.3, -0.25) is 0 Å². The van der Waals surface area contributed by atoms with Gasteiger partial charge < -0.3 is 14.9 Å². The lowest BCUT2D eigenvalue weighted by Gasteiger charge is -2.06. The largest absolute Gasteiger partial charge is 0.504 e. The van der Waals surface area contributed by atoms with Crippen LogP contribution < -0.4 is 4.74 Å². The van der Waals surface area contributed by atoms with Crippen LogP contribution in [0.5, 0.6) is 11.5 Å². The van der Waals surface area contributed by atoms with Crippen molar-refractivity contribution >= 4 is 22.0 Å². The topological polar surface area (TPSA) is 49.7 Å². The Hall–Kier alpha value is -1.00. The van der Waals surface area contributed by atoms with E-state index in [1.807, 2.05) is 0 Å². The standard InChI is InChI=1S/C10H11BrO3/c1-14-9-6-8(11)5-7(10(9)13)3-2-4-12/h2-3,5-6,12-13H,4H2,1H3. The molecule has 0 saturated carbocycles. The van der Waals surface area contributed by atoms with Crippen molar-refractivity contribution in [1.29, 1.82) is 0 Å². The summed E-state index contributed by atoms with van der Waals surface area (Å²) in [7, 11) is 1.49. The number of benzene rings is 1. The molecule has 2 N–H and O–H groups in total. The summed E-state index contributed by atoms with van der Waals surface area (Å²) in [4.78, 5) is 0. The van der Waals surface area contributed by atoms with Crippen LogP contribution in [0.1, 0.15) is 5.56 Å². The number of aliphatic hydroxyl groups excluding tert-OH is 1. The SMILES string of the molecule is COc1cc(Br)cc(C=CCO)c1O. The Kier molecular flexibility index (Phi) is 3.98. The van der Waals surface area contributed by atoms with E-state index in [4.69, 9.17) is 9.84 Å². The highest BCUT2D eigenvalue weighted by Gasteiger charge is 2.06. The second kappa shape index (κ2) is 5.02. The van der Waals surface area contributed by atoms with Crippen LogP contribution in [0.25, 0.3) is 6.08 Å². The molecule has 14 heavy (non-hydrogen) atoms. The molecule has 0 aliphatic rings. The highest BCUT2D eigenvalue weighted by Crippen LogP contribution is 2.34. The van der Waals surface area contributed by atoms with Crippen LogP contribution in [0.15, 0.2) is 22.7 Å². The van der Waals surface area contributed by atoms with Crippen molar-refractivity contribution in [3.8, 4) is 11.5 Å². The van der Waals surface area contributed by atoms with E-state index in [0.29, 0.717) is 11.3 Å². The van der Waals surface area contributed by atoms with Crippen molar-refractivity contribution in [3.05, 3.63) is 28.2 Å². The molecule has 0 heterocycles. The number of aromatic hydroxyl groups is 1. The normalized spacial score (nSPS) is 10.8. The summed E-state index contributed by atoms with van der Waals surface area (Å²) < 4.78 is 5.78. The van der Waals surface area contributed by atoms with Gasteiger partial charge in [0.05, 0.1) is 13.7 Å². The molecule has 1 aromatic carbocycles. The molecular formula is C10H11BrO3. The number of phenolic OH excluding ortho intramolecular Hbond substituents is 1. The number of phenols is 1. The molecule has 0 amide bonds. The fraction of sp³-hybridized carbons (Fsp3) is 0.200. The number of hydrogen-bond acceptors (Lipinski definition) is 3. The summed E-state index contributed by atoms with van der Waals surface area (Å²) in [6, 6.07) is 3.41. The first-order valence-electron chi connectivity index (χ1n) is 4.03. The minimum Gasteiger partial charge on any atom is -0.504 e. The average molecular weight is 259 g/mol. The molecule has 0 spiro atoms. The molecule has 0 aliphatic carbocycles. The second-order valence-corrected chi connectivity index (χ2v) is 3.55. The summed E-state index contributed by atoms with van der Waals surface area (Å²) in [6.07, 6.45) is 3.17. The Morgan fingerprint density at radius 1 is 1.50 bits per heavy atom. The van der Waals surface area contributed by atoms with E-state index in [1.54, 1.807) is 24.3 Å². The van der Waals surface area contributed by atoms with Gasteiger partial charge in [0, 0.05) is 10.0 Å². The third kappa shape index (κ3) is 2.49. The van der Waals surface area contributed by atoms with Gasteiger partial charge in [-0.1, -0.05) is 28.1 Å². The molecule has 3 nitrogen and oxygen atoms in total. The van der Waals surface area contributed by atoms with Gasteiger partial charge in [0.1, 0.15) is 0 Å². The van der Waals surface area contributed by atoms with E-state index in [-0.39, 0.29) is 12.4 Å². The van der Waals surface area contributed by atoms with Crippen molar-refractivity contribution in [3.63, 3.8) is 0 Å². The first-order chi connectivity index (χ1) is 6.69. The lowest BCUT2D eigenvalue weighted by Crippen LogP contribution is -1.86. The van der Waals surface area contributed by atoms with E-state index in [1.165, 1.54) is 7.11 Å². The summed E-state index contributed by atoms with van der Waals surface area (Å²) in [5.74, 6) is 0.470. The monoisotopic (exact) mass is 258 g/mol. The molecule has 0 atom stereocenters. The number of rotatable bonds is 3. The summed E-state index contributed by atoms with van der Waals surface area (Å²) >= 11 is 3.29. The molecule has 0 fully saturated rings. The predicted octanol–water partition coefficient (Wildman–Crippen LogP) is 2.17. The Morgan fingerprint density at radius 3 is 2.79 bits per heavy atom. The number of aliphatic hydroxyl groups is 1. The van der Waals surface area contributed by atoms with E-state index >= 15 is 0 Å². The van der Waals surface area contributed by atoms with Gasteiger partial charge in [-0.25, -0.2) is 0 Å². The second-order valence-electron chi connectivity index (χ2n) is 2.63. The van der Waals surface area contributed by atoms with E-state index in [9.17, 15) is 5.11 Å². The maximum atomic E-state index is 9.66. The molecule has 0 aliphatic heterocycles. The third-order valence-electron chi connectivity index (χ3n) is 1.69. The quantitative estimate of drug-likeness (QED) is 0.874. The molecule has 0 unspecified atom stereocenters. The summed E-state index contributed by atoms with van der Waals surface area (Å²) in [5, 5.41) is 18.3. The lowest BCUT2D eigenvalue weighted by atomic mass is 10.1. The zero-order valence-electron chi connectivity index (χ0n) is 7.70. The number of ether oxygens (including phenoxy) is 1. The van der Waals surface area contributed by atoms with Crippen LogP contribution >= 0.6 is 15.9 Å². The van der Waals surface area contributed by atoms with Crippen LogP contribution in [-0.2, 0) is 0 Å². The van der Waals surface area contributed by atoms with Crippen molar-refractivity contribution in [2.24, 2.45) is 0 Å². The third-order valence-corrected chi connectivity index (χ3v) is 2.15. The van der Waals surface area contributed by atoms with E-state index in [0.717, 1.165) is 4.47 Å². The van der Waals surface area contributed by atoms with Gasteiger partial charge >= 0.3 is 0 Å². The maximum absolute atomic E-state index is 9.66. The van der Waals surface area contributed by atoms with Crippen molar-refractivity contribution < 1.29 is 14.9 Å². The van der Waals surface area contributed by atoms with Gasteiger partial charge in [0.2, 0.25) is 0 Å². The molecular weight excluding hydrogens is 248 g/mol. The Balaban J connectivity index is 3.15. The molecule has 0 saturated heterocycles. The smallest absolute Gasteiger partial charge is 0.165 e. The van der Waals surface area contributed by atoms with Crippen LogP contribution in [-0.4, -0.2) is 23.9 Å². The fourth-order valence-electron chi connectivity index (χ4n) is 1.06. The minimum absolute atomic E-state index is 0.0612. The highest BCUT2D eigenvalue weighted by atomic mass is 79.9. The Labute approximate surface area is 90.8 Å². The van der Waals surface area contributed by atoms with Crippen molar-refractivity contribution in [2.75, 3.05) is 13.7 Å². The maximum Gasteiger partial charge on any atom is 0.165 e. The average Bonchev–Trinajstić information content (AvgIpc) is 2.18. The minimum atomic E-state index is -0.0612. The molecule has 1 aromatic rings. The van der Waals surface area contributed by atoms with Gasteiger partial charge in [0.15, 0.2) is 11.5 Å². The first-order valence-corrected chi connectivity index (χ1v) is 4.82. The molecule has 4 heteroatoms. The van der Waals surface area contributed by atoms with E-state index in [2.05, 4.69) is 15.9 Å². The molecule has 1 rings (SSSR count). The van der Waals surface area contributed by atoms with Gasteiger partial charge in [0.25, 0.3) is 0 Å². The van der Waals surface area contributed by atoms with Gasteiger partial charge in [-0.2, -0.15) is 0 Å². The van der Waals surface area contributed by atoms with Gasteiger partial charge in [-0.15, -0.1) is 0 Å². The number of halogens is 1. The van der Waals surface area contributed by atoms with Crippen LogP contribution in [0.3, 0.4) is 0 Å². The molecule has 0 bridgehead atoms. The summed E-state index contributed by atoms with van der Waals surface area (Å²) in [6.45, 7) is -0.0612. The van der Waals surface area contributed by atoms with Crippen LogP contribution in [0.4, 0.5) is 0 Å². The van der Waals surface area contributed by atoms with Crippen molar-refractivity contribution in [1.82, 2.24) is 0 Å². The van der Waals surface area contributed by atoms with Crippen LogP contribution in [0.2, 0.25) is 0 Å². The Bertz CT molecular complexity index is 347. The zero-order chi connectivity index (χ0) is 10.6. The highest BCUT2D eigenvalue weighted by molar-refractivity contribution is 9.10.